The molecule has 1 aliphatic rings. The minimum Gasteiger partial charge on any atom is -0.484 e. The Labute approximate surface area is 198 Å². The van der Waals surface area contributed by atoms with Crippen molar-refractivity contribution < 1.29 is 23.1 Å². The summed E-state index contributed by atoms with van der Waals surface area (Å²) in [6, 6.07) is 10.1. The van der Waals surface area contributed by atoms with Gasteiger partial charge in [0.1, 0.15) is 17.4 Å². The number of hydrogen-bond donors (Lipinski definition) is 0. The van der Waals surface area contributed by atoms with E-state index in [0.29, 0.717) is 55.1 Å². The number of carbonyl (C=O) groups is 2. The molecule has 1 heterocycles. The Morgan fingerprint density at radius 2 is 1.82 bits per heavy atom. The molecule has 1 saturated heterocycles. The first-order chi connectivity index (χ1) is 15.8. The molecule has 2 aromatic rings. The van der Waals surface area contributed by atoms with Gasteiger partial charge in [-0.15, -0.1) is 0 Å². The average molecular weight is 479 g/mol. The third-order valence-corrected chi connectivity index (χ3v) is 6.50. The SMILES string of the molecule is CCC(=O)N(C)C(Cc1ccc(F)cc1F)C1CCN(C(=O)COc2ccc(Cl)cc2)CC1. The Kier molecular flexibility index (Phi) is 8.67. The lowest BCUT2D eigenvalue weighted by molar-refractivity contribution is -0.137. The number of carbonyl (C=O) groups excluding carboxylic acids is 2. The molecule has 0 saturated carbocycles. The van der Waals surface area contributed by atoms with E-state index in [1.165, 1.54) is 12.1 Å². The van der Waals surface area contributed by atoms with Crippen LogP contribution in [0.1, 0.15) is 31.7 Å². The minimum absolute atomic E-state index is 0.0302. The fourth-order valence-corrected chi connectivity index (χ4v) is 4.39. The fraction of sp³-hybridized carbons (Fsp3) is 0.440. The Morgan fingerprint density at radius 1 is 1.15 bits per heavy atom. The van der Waals surface area contributed by atoms with Gasteiger partial charge in [0.15, 0.2) is 6.61 Å². The van der Waals surface area contributed by atoms with Crippen LogP contribution in [0.2, 0.25) is 5.02 Å². The molecule has 3 rings (SSSR count). The third kappa shape index (κ3) is 6.67. The lowest BCUT2D eigenvalue weighted by atomic mass is 9.84. The number of rotatable bonds is 8. The van der Waals surface area contributed by atoms with Crippen LogP contribution in [0.5, 0.6) is 5.75 Å². The summed E-state index contributed by atoms with van der Waals surface area (Å²) in [4.78, 5) is 28.4. The minimum atomic E-state index is -0.626. The molecule has 0 N–H and O–H groups in total. The molecule has 33 heavy (non-hydrogen) atoms. The van der Waals surface area contributed by atoms with Gasteiger partial charge in [-0.1, -0.05) is 24.6 Å². The van der Waals surface area contributed by atoms with Crippen LogP contribution in [0, 0.1) is 17.6 Å². The Hall–Kier alpha value is -2.67. The largest absolute Gasteiger partial charge is 0.484 e. The van der Waals surface area contributed by atoms with Crippen molar-refractivity contribution in [3.8, 4) is 5.75 Å². The summed E-state index contributed by atoms with van der Waals surface area (Å²) in [5.41, 5.74) is 0.382. The van der Waals surface area contributed by atoms with E-state index in [1.54, 1.807) is 48.0 Å². The van der Waals surface area contributed by atoms with Crippen molar-refractivity contribution in [3.05, 3.63) is 64.7 Å². The summed E-state index contributed by atoms with van der Waals surface area (Å²) in [6.07, 6.45) is 2.01. The monoisotopic (exact) mass is 478 g/mol. The Bertz CT molecular complexity index is 963. The van der Waals surface area contributed by atoms with E-state index in [1.807, 2.05) is 0 Å². The maximum absolute atomic E-state index is 14.3. The lowest BCUT2D eigenvalue weighted by Gasteiger charge is -2.40. The third-order valence-electron chi connectivity index (χ3n) is 6.25. The molecule has 2 aromatic carbocycles. The van der Waals surface area contributed by atoms with Gasteiger partial charge in [0.2, 0.25) is 5.91 Å². The van der Waals surface area contributed by atoms with Crippen LogP contribution >= 0.6 is 11.6 Å². The fourth-order valence-electron chi connectivity index (χ4n) is 4.27. The average Bonchev–Trinajstić information content (AvgIpc) is 2.82. The van der Waals surface area contributed by atoms with Crippen molar-refractivity contribution in [1.82, 2.24) is 9.80 Å². The van der Waals surface area contributed by atoms with E-state index in [9.17, 15) is 18.4 Å². The first-order valence-electron chi connectivity index (χ1n) is 11.1. The smallest absolute Gasteiger partial charge is 0.260 e. The second kappa shape index (κ2) is 11.5. The number of halogens is 3. The first kappa shape index (κ1) is 25.0. The molecule has 0 spiro atoms. The second-order valence-corrected chi connectivity index (χ2v) is 8.76. The molecule has 0 aliphatic carbocycles. The van der Waals surface area contributed by atoms with Crippen LogP contribution in [0.3, 0.4) is 0 Å². The maximum Gasteiger partial charge on any atom is 0.260 e. The molecule has 1 unspecified atom stereocenters. The van der Waals surface area contributed by atoms with Gasteiger partial charge in [0.25, 0.3) is 5.91 Å². The van der Waals surface area contributed by atoms with Crippen LogP contribution in [0.25, 0.3) is 0 Å². The van der Waals surface area contributed by atoms with Crippen molar-refractivity contribution >= 4 is 23.4 Å². The summed E-state index contributed by atoms with van der Waals surface area (Å²) in [5, 5.41) is 0.595. The molecular weight excluding hydrogens is 450 g/mol. The summed E-state index contributed by atoms with van der Waals surface area (Å²) in [7, 11) is 1.73. The van der Waals surface area contributed by atoms with Gasteiger partial charge in [0.05, 0.1) is 0 Å². The second-order valence-electron chi connectivity index (χ2n) is 8.33. The Morgan fingerprint density at radius 3 is 2.42 bits per heavy atom. The molecule has 0 aromatic heterocycles. The summed E-state index contributed by atoms with van der Waals surface area (Å²) in [5.74, 6) is -0.706. The van der Waals surface area contributed by atoms with E-state index in [2.05, 4.69) is 0 Å². The van der Waals surface area contributed by atoms with Gasteiger partial charge in [-0.05, 0) is 61.1 Å². The number of hydrogen-bond acceptors (Lipinski definition) is 3. The van der Waals surface area contributed by atoms with Gasteiger partial charge in [-0.3, -0.25) is 9.59 Å². The van der Waals surface area contributed by atoms with Crippen LogP contribution in [0.15, 0.2) is 42.5 Å². The number of amides is 2. The zero-order valence-corrected chi connectivity index (χ0v) is 19.7. The quantitative estimate of drug-likeness (QED) is 0.552. The van der Waals surface area contributed by atoms with Gasteiger partial charge < -0.3 is 14.5 Å². The van der Waals surface area contributed by atoms with E-state index < -0.39 is 11.6 Å². The molecular formula is C25H29ClF2N2O3. The molecule has 2 amide bonds. The predicted octanol–water partition coefficient (Wildman–Crippen LogP) is 4.72. The van der Waals surface area contributed by atoms with Crippen LogP contribution in [-0.4, -0.2) is 54.4 Å². The van der Waals surface area contributed by atoms with Crippen LogP contribution in [0.4, 0.5) is 8.78 Å². The van der Waals surface area contributed by atoms with E-state index >= 15 is 0 Å². The molecule has 5 nitrogen and oxygen atoms in total. The van der Waals surface area contributed by atoms with Crippen molar-refractivity contribution in [2.75, 3.05) is 26.7 Å². The number of likely N-dealkylation sites (tertiary alicyclic amines) is 1. The maximum atomic E-state index is 14.3. The highest BCUT2D eigenvalue weighted by Gasteiger charge is 2.33. The van der Waals surface area contributed by atoms with Crippen molar-refractivity contribution in [2.45, 2.75) is 38.6 Å². The lowest BCUT2D eigenvalue weighted by Crippen LogP contribution is -2.49. The van der Waals surface area contributed by atoms with Gasteiger partial charge in [-0.25, -0.2) is 8.78 Å². The number of benzene rings is 2. The molecule has 1 fully saturated rings. The molecule has 8 heteroatoms. The topological polar surface area (TPSA) is 49.9 Å². The molecule has 0 bridgehead atoms. The molecule has 1 aliphatic heterocycles. The predicted molar refractivity (Wildman–Crippen MR) is 123 cm³/mol. The van der Waals surface area contributed by atoms with E-state index in [-0.39, 0.29) is 30.4 Å². The molecule has 0 radical (unpaired) electrons. The van der Waals surface area contributed by atoms with Crippen LogP contribution < -0.4 is 4.74 Å². The molecule has 1 atom stereocenters. The van der Waals surface area contributed by atoms with Gasteiger partial charge in [-0.2, -0.15) is 0 Å². The van der Waals surface area contributed by atoms with Crippen molar-refractivity contribution in [1.29, 1.82) is 0 Å². The number of likely N-dealkylation sites (N-methyl/N-ethyl adjacent to an activating group) is 1. The first-order valence-corrected chi connectivity index (χ1v) is 11.5. The zero-order valence-electron chi connectivity index (χ0n) is 18.9. The summed E-state index contributed by atoms with van der Waals surface area (Å²) in [6.45, 7) is 2.79. The molecule has 178 valence electrons. The number of piperidine rings is 1. The normalized spacial score (nSPS) is 15.2. The van der Waals surface area contributed by atoms with Gasteiger partial charge in [0, 0.05) is 43.7 Å². The van der Waals surface area contributed by atoms with Crippen LogP contribution in [-0.2, 0) is 16.0 Å². The van der Waals surface area contributed by atoms with Gasteiger partial charge >= 0.3 is 0 Å². The van der Waals surface area contributed by atoms with E-state index in [4.69, 9.17) is 16.3 Å². The standard InChI is InChI=1S/C25H29ClF2N2O3/c1-3-24(31)29(2)23(14-18-4-7-20(27)15-22(18)28)17-10-12-30(13-11-17)25(32)16-33-21-8-5-19(26)6-9-21/h4-9,15,17,23H,3,10-14,16H2,1-2H3. The Balaban J connectivity index is 1.61. The number of nitrogens with zero attached hydrogens (tertiary/aromatic N) is 2. The van der Waals surface area contributed by atoms with Crippen molar-refractivity contribution in [3.63, 3.8) is 0 Å². The van der Waals surface area contributed by atoms with Crippen molar-refractivity contribution in [2.24, 2.45) is 5.92 Å². The highest BCUT2D eigenvalue weighted by molar-refractivity contribution is 6.30. The zero-order chi connectivity index (χ0) is 24.0. The summed E-state index contributed by atoms with van der Waals surface area (Å²) >= 11 is 5.86. The summed E-state index contributed by atoms with van der Waals surface area (Å²) < 4.78 is 33.2. The number of ether oxygens (including phenoxy) is 1. The van der Waals surface area contributed by atoms with E-state index in [0.717, 1.165) is 6.07 Å². The highest BCUT2D eigenvalue weighted by Crippen LogP contribution is 2.28. The highest BCUT2D eigenvalue weighted by atomic mass is 35.5.